The SMILES string of the molecule is CNC(=O)c1ccn(C2CCCN(C(=O)c3cnc(OCC4CC4)cn3)C2)n1. The summed E-state index contributed by atoms with van der Waals surface area (Å²) in [5.74, 6) is 0.726. The van der Waals surface area contributed by atoms with Crippen LogP contribution in [0.2, 0.25) is 0 Å². The van der Waals surface area contributed by atoms with Crippen LogP contribution in [0.4, 0.5) is 0 Å². The molecule has 1 aliphatic heterocycles. The van der Waals surface area contributed by atoms with Crippen molar-refractivity contribution in [2.45, 2.75) is 31.7 Å². The van der Waals surface area contributed by atoms with Gasteiger partial charge in [0.05, 0.1) is 25.0 Å². The van der Waals surface area contributed by atoms with E-state index in [1.165, 1.54) is 25.2 Å². The summed E-state index contributed by atoms with van der Waals surface area (Å²) in [6, 6.07) is 1.72. The van der Waals surface area contributed by atoms with Gasteiger partial charge in [-0.25, -0.2) is 9.97 Å². The fraction of sp³-hybridized carbons (Fsp3) is 0.526. The topological polar surface area (TPSA) is 102 Å². The number of likely N-dealkylation sites (tertiary alicyclic amines) is 1. The molecule has 1 N–H and O–H groups in total. The van der Waals surface area contributed by atoms with Crippen LogP contribution in [0.3, 0.4) is 0 Å². The molecule has 2 aromatic heterocycles. The summed E-state index contributed by atoms with van der Waals surface area (Å²) in [6.07, 6.45) is 8.96. The van der Waals surface area contributed by atoms with Crippen molar-refractivity contribution >= 4 is 11.8 Å². The monoisotopic (exact) mass is 384 g/mol. The molecule has 0 aromatic carbocycles. The molecule has 1 saturated carbocycles. The van der Waals surface area contributed by atoms with Crippen molar-refractivity contribution in [1.82, 2.24) is 30.0 Å². The van der Waals surface area contributed by atoms with Gasteiger partial charge in [-0.3, -0.25) is 14.3 Å². The molecule has 2 aliphatic rings. The number of carbonyl (C=O) groups is 2. The van der Waals surface area contributed by atoms with Gasteiger partial charge in [-0.05, 0) is 37.7 Å². The average Bonchev–Trinajstić information content (AvgIpc) is 3.45. The first kappa shape index (κ1) is 18.4. The highest BCUT2D eigenvalue weighted by atomic mass is 16.5. The standard InChI is InChI=1S/C19H24N6O3/c1-20-18(26)15-6-8-25(23-15)14-3-2-7-24(11-14)19(27)16-9-22-17(10-21-16)28-12-13-4-5-13/h6,8-10,13-14H,2-5,7,11-12H2,1H3,(H,20,26). The fourth-order valence-electron chi connectivity index (χ4n) is 3.30. The molecule has 1 aliphatic carbocycles. The van der Waals surface area contributed by atoms with Crippen molar-refractivity contribution in [3.63, 3.8) is 0 Å². The second-order valence-corrected chi connectivity index (χ2v) is 7.30. The molecule has 0 bridgehead atoms. The molecule has 0 radical (unpaired) electrons. The Morgan fingerprint density at radius 2 is 2.07 bits per heavy atom. The number of nitrogens with zero attached hydrogens (tertiary/aromatic N) is 5. The zero-order chi connectivity index (χ0) is 19.5. The molecule has 2 aromatic rings. The van der Waals surface area contributed by atoms with Gasteiger partial charge in [-0.2, -0.15) is 5.10 Å². The number of carbonyl (C=O) groups excluding carboxylic acids is 2. The third kappa shape index (κ3) is 4.13. The van der Waals surface area contributed by atoms with Crippen molar-refractivity contribution in [1.29, 1.82) is 0 Å². The van der Waals surface area contributed by atoms with E-state index in [4.69, 9.17) is 4.74 Å². The number of piperidine rings is 1. The number of hydrogen-bond acceptors (Lipinski definition) is 6. The zero-order valence-corrected chi connectivity index (χ0v) is 15.9. The first-order valence-electron chi connectivity index (χ1n) is 9.65. The summed E-state index contributed by atoms with van der Waals surface area (Å²) in [4.78, 5) is 34.7. The van der Waals surface area contributed by atoms with Crippen LogP contribution in [0.1, 0.15) is 52.7 Å². The molecule has 148 valence electrons. The van der Waals surface area contributed by atoms with Crippen molar-refractivity contribution in [3.8, 4) is 5.88 Å². The number of nitrogens with one attached hydrogen (secondary N) is 1. The normalized spacial score (nSPS) is 19.3. The smallest absolute Gasteiger partial charge is 0.274 e. The minimum absolute atomic E-state index is 0.0326. The van der Waals surface area contributed by atoms with Crippen LogP contribution < -0.4 is 10.1 Å². The quantitative estimate of drug-likeness (QED) is 0.805. The van der Waals surface area contributed by atoms with Crippen molar-refractivity contribution in [2.75, 3.05) is 26.7 Å². The van der Waals surface area contributed by atoms with Gasteiger partial charge in [0.15, 0.2) is 0 Å². The number of hydrogen-bond donors (Lipinski definition) is 1. The first-order chi connectivity index (χ1) is 13.6. The highest BCUT2D eigenvalue weighted by molar-refractivity contribution is 5.92. The van der Waals surface area contributed by atoms with Crippen LogP contribution in [-0.2, 0) is 0 Å². The molecule has 1 atom stereocenters. The van der Waals surface area contributed by atoms with Crippen LogP contribution in [0, 0.1) is 5.92 Å². The predicted octanol–water partition coefficient (Wildman–Crippen LogP) is 1.30. The Morgan fingerprint density at radius 3 is 2.79 bits per heavy atom. The second-order valence-electron chi connectivity index (χ2n) is 7.30. The van der Waals surface area contributed by atoms with E-state index < -0.39 is 0 Å². The summed E-state index contributed by atoms with van der Waals surface area (Å²) in [6.45, 7) is 1.85. The van der Waals surface area contributed by atoms with Crippen LogP contribution in [0.5, 0.6) is 5.88 Å². The van der Waals surface area contributed by atoms with Crippen molar-refractivity contribution in [2.24, 2.45) is 5.92 Å². The van der Waals surface area contributed by atoms with Gasteiger partial charge in [0.1, 0.15) is 11.4 Å². The maximum atomic E-state index is 12.8. The van der Waals surface area contributed by atoms with E-state index in [-0.39, 0.29) is 17.9 Å². The van der Waals surface area contributed by atoms with Crippen molar-refractivity contribution in [3.05, 3.63) is 36.0 Å². The Bertz CT molecular complexity index is 846. The molecule has 1 unspecified atom stereocenters. The van der Waals surface area contributed by atoms with Gasteiger partial charge >= 0.3 is 0 Å². The molecule has 3 heterocycles. The van der Waals surface area contributed by atoms with Gasteiger partial charge in [-0.1, -0.05) is 0 Å². The lowest BCUT2D eigenvalue weighted by atomic mass is 10.1. The fourth-order valence-corrected chi connectivity index (χ4v) is 3.30. The maximum absolute atomic E-state index is 12.8. The molecule has 9 nitrogen and oxygen atoms in total. The molecule has 28 heavy (non-hydrogen) atoms. The van der Waals surface area contributed by atoms with E-state index in [9.17, 15) is 9.59 Å². The van der Waals surface area contributed by atoms with E-state index in [1.54, 1.807) is 28.9 Å². The van der Waals surface area contributed by atoms with E-state index in [1.807, 2.05) is 0 Å². The highest BCUT2D eigenvalue weighted by Gasteiger charge is 2.27. The summed E-state index contributed by atoms with van der Waals surface area (Å²) >= 11 is 0. The summed E-state index contributed by atoms with van der Waals surface area (Å²) in [7, 11) is 1.58. The molecular formula is C19H24N6O3. The highest BCUT2D eigenvalue weighted by Crippen LogP contribution is 2.29. The Balaban J connectivity index is 1.38. The van der Waals surface area contributed by atoms with E-state index in [0.29, 0.717) is 42.9 Å². The van der Waals surface area contributed by atoms with Crippen LogP contribution >= 0.6 is 0 Å². The largest absolute Gasteiger partial charge is 0.476 e. The summed E-state index contributed by atoms with van der Waals surface area (Å²) < 4.78 is 7.34. The lowest BCUT2D eigenvalue weighted by Crippen LogP contribution is -2.41. The second kappa shape index (κ2) is 7.95. The lowest BCUT2D eigenvalue weighted by Gasteiger charge is -2.32. The molecule has 0 spiro atoms. The Kier molecular flexibility index (Phi) is 5.23. The Labute approximate surface area is 163 Å². The third-order valence-electron chi connectivity index (χ3n) is 5.14. The predicted molar refractivity (Wildman–Crippen MR) is 100 cm³/mol. The molecule has 2 amide bonds. The number of amides is 2. The van der Waals surface area contributed by atoms with Crippen molar-refractivity contribution < 1.29 is 14.3 Å². The third-order valence-corrected chi connectivity index (χ3v) is 5.14. The molecule has 9 heteroatoms. The van der Waals surface area contributed by atoms with Gasteiger partial charge in [-0.15, -0.1) is 0 Å². The summed E-state index contributed by atoms with van der Waals surface area (Å²) in [5.41, 5.74) is 0.685. The van der Waals surface area contributed by atoms with Crippen LogP contribution in [-0.4, -0.2) is 63.2 Å². The minimum atomic E-state index is -0.221. The Morgan fingerprint density at radius 1 is 1.21 bits per heavy atom. The van der Waals surface area contributed by atoms with E-state index in [0.717, 1.165) is 12.8 Å². The van der Waals surface area contributed by atoms with E-state index >= 15 is 0 Å². The Hall–Kier alpha value is -2.97. The van der Waals surface area contributed by atoms with Crippen LogP contribution in [0.15, 0.2) is 24.7 Å². The number of rotatable bonds is 6. The van der Waals surface area contributed by atoms with Gasteiger partial charge < -0.3 is 15.0 Å². The molecule has 1 saturated heterocycles. The lowest BCUT2D eigenvalue weighted by molar-refractivity contribution is 0.0665. The maximum Gasteiger partial charge on any atom is 0.274 e. The zero-order valence-electron chi connectivity index (χ0n) is 15.9. The van der Waals surface area contributed by atoms with E-state index in [2.05, 4.69) is 20.4 Å². The number of aromatic nitrogens is 4. The average molecular weight is 384 g/mol. The molecule has 4 rings (SSSR count). The van der Waals surface area contributed by atoms with Crippen LogP contribution in [0.25, 0.3) is 0 Å². The number of ether oxygens (including phenoxy) is 1. The van der Waals surface area contributed by atoms with Gasteiger partial charge in [0, 0.05) is 26.3 Å². The molecular weight excluding hydrogens is 360 g/mol. The first-order valence-corrected chi connectivity index (χ1v) is 9.65. The molecule has 2 fully saturated rings. The summed E-state index contributed by atoms with van der Waals surface area (Å²) in [5, 5.41) is 6.91. The van der Waals surface area contributed by atoms with Gasteiger partial charge in [0.2, 0.25) is 5.88 Å². The minimum Gasteiger partial charge on any atom is -0.476 e. The van der Waals surface area contributed by atoms with Gasteiger partial charge in [0.25, 0.3) is 11.8 Å².